The summed E-state index contributed by atoms with van der Waals surface area (Å²) >= 11 is 11.7. The summed E-state index contributed by atoms with van der Waals surface area (Å²) in [4.78, 5) is 0. The second-order valence-corrected chi connectivity index (χ2v) is 7.28. The standard InChI is InChI=1S/C11H14Cl2N2O2S.ClH/c12-9-3-8(4-10(13)5-9)7-18(16,17)15-2-1-11(14)6-15;/h3-5,11H,1-2,6-7,14H2;1H/t11-;/m1./s1. The fraction of sp³-hybridized carbons (Fsp3) is 0.455. The van der Waals surface area contributed by atoms with Gasteiger partial charge in [0, 0.05) is 29.2 Å². The molecule has 0 amide bonds. The van der Waals surface area contributed by atoms with E-state index < -0.39 is 10.0 Å². The summed E-state index contributed by atoms with van der Waals surface area (Å²) in [7, 11) is -3.34. The summed E-state index contributed by atoms with van der Waals surface area (Å²) in [5, 5.41) is 0.872. The molecule has 108 valence electrons. The molecule has 0 saturated carbocycles. The van der Waals surface area contributed by atoms with Gasteiger partial charge in [0.05, 0.1) is 5.75 Å². The van der Waals surface area contributed by atoms with Gasteiger partial charge in [0.1, 0.15) is 0 Å². The van der Waals surface area contributed by atoms with Crippen molar-refractivity contribution < 1.29 is 8.42 Å². The molecule has 1 heterocycles. The Kier molecular flexibility index (Phi) is 5.92. The molecule has 0 aromatic heterocycles. The molecule has 0 unspecified atom stereocenters. The van der Waals surface area contributed by atoms with Gasteiger partial charge in [0.2, 0.25) is 10.0 Å². The topological polar surface area (TPSA) is 63.4 Å². The first-order valence-electron chi connectivity index (χ1n) is 5.55. The molecule has 0 radical (unpaired) electrons. The van der Waals surface area contributed by atoms with Crippen LogP contribution in [0.1, 0.15) is 12.0 Å². The lowest BCUT2D eigenvalue weighted by molar-refractivity contribution is 0.471. The maximum absolute atomic E-state index is 12.2. The molecule has 4 nitrogen and oxygen atoms in total. The second kappa shape index (κ2) is 6.61. The van der Waals surface area contributed by atoms with E-state index in [1.165, 1.54) is 4.31 Å². The lowest BCUT2D eigenvalue weighted by atomic mass is 10.2. The Morgan fingerprint density at radius 2 is 1.84 bits per heavy atom. The fourth-order valence-corrected chi connectivity index (χ4v) is 4.15. The van der Waals surface area contributed by atoms with E-state index in [-0.39, 0.29) is 24.2 Å². The molecule has 1 aromatic rings. The van der Waals surface area contributed by atoms with Crippen molar-refractivity contribution in [2.45, 2.75) is 18.2 Å². The Bertz CT molecular complexity index is 531. The van der Waals surface area contributed by atoms with Crippen LogP contribution in [0.25, 0.3) is 0 Å². The molecule has 1 atom stereocenters. The highest BCUT2D eigenvalue weighted by molar-refractivity contribution is 7.88. The highest BCUT2D eigenvalue weighted by Gasteiger charge is 2.29. The van der Waals surface area contributed by atoms with Crippen molar-refractivity contribution in [3.8, 4) is 0 Å². The van der Waals surface area contributed by atoms with E-state index in [4.69, 9.17) is 28.9 Å². The zero-order valence-electron chi connectivity index (χ0n) is 10.1. The van der Waals surface area contributed by atoms with Crippen molar-refractivity contribution >= 4 is 45.6 Å². The minimum atomic E-state index is -3.34. The summed E-state index contributed by atoms with van der Waals surface area (Å²) in [6, 6.07) is 4.73. The van der Waals surface area contributed by atoms with Gasteiger partial charge in [0.25, 0.3) is 0 Å². The number of nitrogens with zero attached hydrogens (tertiary/aromatic N) is 1. The first-order chi connectivity index (χ1) is 8.37. The predicted molar refractivity (Wildman–Crippen MR) is 80.5 cm³/mol. The molecule has 1 aromatic carbocycles. The number of nitrogens with two attached hydrogens (primary N) is 1. The highest BCUT2D eigenvalue weighted by atomic mass is 35.5. The summed E-state index contributed by atoms with van der Waals surface area (Å²) in [6.07, 6.45) is 0.704. The third-order valence-electron chi connectivity index (χ3n) is 2.85. The Morgan fingerprint density at radius 1 is 1.26 bits per heavy atom. The average Bonchev–Trinajstić information content (AvgIpc) is 2.62. The van der Waals surface area contributed by atoms with Gasteiger partial charge in [-0.2, -0.15) is 0 Å². The molecule has 0 bridgehead atoms. The third-order valence-corrected chi connectivity index (χ3v) is 5.11. The minimum Gasteiger partial charge on any atom is -0.326 e. The lowest BCUT2D eigenvalue weighted by Gasteiger charge is -2.16. The van der Waals surface area contributed by atoms with Crippen LogP contribution < -0.4 is 5.73 Å². The third kappa shape index (κ3) is 4.48. The Balaban J connectivity index is 0.00000180. The Morgan fingerprint density at radius 3 is 2.32 bits per heavy atom. The van der Waals surface area contributed by atoms with Crippen molar-refractivity contribution in [2.24, 2.45) is 5.73 Å². The first kappa shape index (κ1) is 17.0. The van der Waals surface area contributed by atoms with Gasteiger partial charge in [0.15, 0.2) is 0 Å². The minimum absolute atomic E-state index is 0. The summed E-state index contributed by atoms with van der Waals surface area (Å²) in [5.41, 5.74) is 6.31. The number of halogens is 3. The van der Waals surface area contributed by atoms with E-state index in [1.807, 2.05) is 0 Å². The SMILES string of the molecule is Cl.N[C@@H]1CCN(S(=O)(=O)Cc2cc(Cl)cc(Cl)c2)C1. The molecule has 8 heteroatoms. The van der Waals surface area contributed by atoms with Crippen LogP contribution in [-0.4, -0.2) is 31.9 Å². The molecular formula is C11H15Cl3N2O2S. The quantitative estimate of drug-likeness (QED) is 0.914. The lowest BCUT2D eigenvalue weighted by Crippen LogP contribution is -2.32. The van der Waals surface area contributed by atoms with Crippen LogP contribution in [0, 0.1) is 0 Å². The number of rotatable bonds is 3. The van der Waals surface area contributed by atoms with Gasteiger partial charge in [-0.1, -0.05) is 23.2 Å². The molecule has 1 aliphatic rings. The van der Waals surface area contributed by atoms with Crippen molar-refractivity contribution in [1.82, 2.24) is 4.31 Å². The number of hydrogen-bond acceptors (Lipinski definition) is 3. The van der Waals surface area contributed by atoms with Gasteiger partial charge in [-0.25, -0.2) is 12.7 Å². The molecule has 1 fully saturated rings. The van der Waals surface area contributed by atoms with Gasteiger partial charge in [-0.05, 0) is 30.2 Å². The van der Waals surface area contributed by atoms with Crippen molar-refractivity contribution in [3.63, 3.8) is 0 Å². The second-order valence-electron chi connectivity index (χ2n) is 4.44. The van der Waals surface area contributed by atoms with E-state index >= 15 is 0 Å². The summed E-state index contributed by atoms with van der Waals surface area (Å²) < 4.78 is 25.7. The normalized spacial score (nSPS) is 20.3. The van der Waals surface area contributed by atoms with E-state index in [9.17, 15) is 8.42 Å². The zero-order valence-corrected chi connectivity index (χ0v) is 13.2. The fourth-order valence-electron chi connectivity index (χ4n) is 2.00. The van der Waals surface area contributed by atoms with Crippen molar-refractivity contribution in [1.29, 1.82) is 0 Å². The maximum Gasteiger partial charge on any atom is 0.218 e. The van der Waals surface area contributed by atoms with E-state index in [2.05, 4.69) is 0 Å². The van der Waals surface area contributed by atoms with Crippen molar-refractivity contribution in [3.05, 3.63) is 33.8 Å². The van der Waals surface area contributed by atoms with Crippen LogP contribution in [0.5, 0.6) is 0 Å². The zero-order chi connectivity index (χ0) is 13.3. The van der Waals surface area contributed by atoms with Crippen LogP contribution in [0.15, 0.2) is 18.2 Å². The van der Waals surface area contributed by atoms with Gasteiger partial charge in [-0.3, -0.25) is 0 Å². The molecule has 1 saturated heterocycles. The molecule has 2 rings (SSSR count). The largest absolute Gasteiger partial charge is 0.326 e. The van der Waals surface area contributed by atoms with Crippen LogP contribution in [0.3, 0.4) is 0 Å². The molecule has 0 spiro atoms. The maximum atomic E-state index is 12.2. The molecule has 19 heavy (non-hydrogen) atoms. The van der Waals surface area contributed by atoms with Gasteiger partial charge >= 0.3 is 0 Å². The van der Waals surface area contributed by atoms with E-state index in [0.29, 0.717) is 35.1 Å². The Hall–Kier alpha value is -0.0400. The first-order valence-corrected chi connectivity index (χ1v) is 7.92. The predicted octanol–water partition coefficient (Wildman–Crippen LogP) is 2.28. The molecular weight excluding hydrogens is 331 g/mol. The summed E-state index contributed by atoms with van der Waals surface area (Å²) in [6.45, 7) is 0.869. The van der Waals surface area contributed by atoms with Crippen LogP contribution in [0.2, 0.25) is 10.0 Å². The van der Waals surface area contributed by atoms with E-state index in [0.717, 1.165) is 0 Å². The molecule has 0 aliphatic carbocycles. The van der Waals surface area contributed by atoms with Crippen LogP contribution in [-0.2, 0) is 15.8 Å². The number of hydrogen-bond donors (Lipinski definition) is 1. The van der Waals surface area contributed by atoms with Crippen molar-refractivity contribution in [2.75, 3.05) is 13.1 Å². The Labute approximate surface area is 129 Å². The van der Waals surface area contributed by atoms with E-state index in [1.54, 1.807) is 18.2 Å². The molecule has 1 aliphatic heterocycles. The number of sulfonamides is 1. The highest BCUT2D eigenvalue weighted by Crippen LogP contribution is 2.22. The van der Waals surface area contributed by atoms with Crippen LogP contribution >= 0.6 is 35.6 Å². The van der Waals surface area contributed by atoms with Crippen LogP contribution in [0.4, 0.5) is 0 Å². The monoisotopic (exact) mass is 344 g/mol. The number of benzene rings is 1. The summed E-state index contributed by atoms with van der Waals surface area (Å²) in [5.74, 6) is -0.0972. The molecule has 2 N–H and O–H groups in total. The average molecular weight is 346 g/mol. The van der Waals surface area contributed by atoms with Gasteiger partial charge in [-0.15, -0.1) is 12.4 Å². The smallest absolute Gasteiger partial charge is 0.218 e. The van der Waals surface area contributed by atoms with Gasteiger partial charge < -0.3 is 5.73 Å².